The highest BCUT2D eigenvalue weighted by Gasteiger charge is 2.25. The predicted octanol–water partition coefficient (Wildman–Crippen LogP) is -1.11. The third-order valence-corrected chi connectivity index (χ3v) is 2.14. The highest BCUT2D eigenvalue weighted by atomic mass is 16.6. The van der Waals surface area contributed by atoms with Gasteiger partial charge in [0.05, 0.1) is 46.2 Å². The molecule has 0 fully saturated rings. The monoisotopic (exact) mass is 264 g/mol. The molecule has 0 aromatic heterocycles. The van der Waals surface area contributed by atoms with Gasteiger partial charge in [0.1, 0.15) is 5.54 Å². The van der Waals surface area contributed by atoms with Crippen LogP contribution in [0.25, 0.3) is 0 Å². The summed E-state index contributed by atoms with van der Waals surface area (Å²) < 4.78 is 20.4. The van der Waals surface area contributed by atoms with Gasteiger partial charge in [-0.3, -0.25) is 4.79 Å². The third-order valence-electron chi connectivity index (χ3n) is 2.14. The van der Waals surface area contributed by atoms with Crippen LogP contribution in [-0.4, -0.2) is 64.8 Å². The molecule has 0 aromatic carbocycles. The average Bonchev–Trinajstić information content (AvgIpc) is 2.31. The number of rotatable bonds is 12. The van der Waals surface area contributed by atoms with Crippen LogP contribution in [0.3, 0.4) is 0 Å². The minimum absolute atomic E-state index is 0.0794. The lowest BCUT2D eigenvalue weighted by Crippen LogP contribution is -2.53. The first-order valence-corrected chi connectivity index (χ1v) is 5.81. The Morgan fingerprint density at radius 2 is 1.44 bits per heavy atom. The normalized spacial score (nSPS) is 14.4. The topological polar surface area (TPSA) is 106 Å². The molecule has 0 bridgehead atoms. The highest BCUT2D eigenvalue weighted by Crippen LogP contribution is 1.98. The van der Waals surface area contributed by atoms with Crippen molar-refractivity contribution in [2.45, 2.75) is 12.5 Å². The van der Waals surface area contributed by atoms with E-state index in [4.69, 9.17) is 30.4 Å². The fourth-order valence-corrected chi connectivity index (χ4v) is 0.937. The third kappa shape index (κ3) is 9.32. The fraction of sp³-hybridized carbons (Fsp3) is 0.909. The maximum atomic E-state index is 10.9. The number of amides is 1. The Morgan fingerprint density at radius 3 is 1.89 bits per heavy atom. The van der Waals surface area contributed by atoms with Crippen LogP contribution in [0.2, 0.25) is 0 Å². The minimum Gasteiger partial charge on any atom is -0.382 e. The van der Waals surface area contributed by atoms with E-state index in [0.717, 1.165) is 0 Å². The molecule has 7 nitrogen and oxygen atoms in total. The molecule has 0 aliphatic rings. The molecular formula is C11H24N2O5. The Labute approximate surface area is 108 Å². The van der Waals surface area contributed by atoms with E-state index in [-0.39, 0.29) is 6.61 Å². The van der Waals surface area contributed by atoms with Gasteiger partial charge in [-0.2, -0.15) is 0 Å². The van der Waals surface area contributed by atoms with Crippen molar-refractivity contribution in [3.05, 3.63) is 0 Å². The molecule has 0 radical (unpaired) electrons. The first kappa shape index (κ1) is 17.3. The SMILES string of the molecule is COCCOCCOCCOCC(C)(N)C(N)=O. The number of primary amides is 1. The Morgan fingerprint density at radius 1 is 1.00 bits per heavy atom. The van der Waals surface area contributed by atoms with Gasteiger partial charge in [-0.25, -0.2) is 0 Å². The van der Waals surface area contributed by atoms with E-state index < -0.39 is 11.4 Å². The van der Waals surface area contributed by atoms with Crippen molar-refractivity contribution in [2.75, 3.05) is 53.4 Å². The number of carbonyl (C=O) groups excluding carboxylic acids is 1. The van der Waals surface area contributed by atoms with E-state index in [9.17, 15) is 4.79 Å². The molecule has 7 heteroatoms. The quantitative estimate of drug-likeness (QED) is 0.433. The van der Waals surface area contributed by atoms with Crippen molar-refractivity contribution in [2.24, 2.45) is 11.5 Å². The second-order valence-electron chi connectivity index (χ2n) is 4.05. The lowest BCUT2D eigenvalue weighted by atomic mass is 10.1. The number of methoxy groups -OCH3 is 1. The summed E-state index contributed by atoms with van der Waals surface area (Å²) in [6.07, 6.45) is 0. The Hall–Kier alpha value is -0.730. The number of ether oxygens (including phenoxy) is 4. The fourth-order valence-electron chi connectivity index (χ4n) is 0.937. The van der Waals surface area contributed by atoms with Gasteiger partial charge in [0.15, 0.2) is 0 Å². The molecule has 1 atom stereocenters. The van der Waals surface area contributed by atoms with Gasteiger partial charge in [0.25, 0.3) is 0 Å². The summed E-state index contributed by atoms with van der Waals surface area (Å²) >= 11 is 0. The number of nitrogens with two attached hydrogens (primary N) is 2. The lowest BCUT2D eigenvalue weighted by Gasteiger charge is -2.19. The van der Waals surface area contributed by atoms with E-state index in [2.05, 4.69) is 0 Å². The van der Waals surface area contributed by atoms with Crippen LogP contribution in [0.15, 0.2) is 0 Å². The molecule has 0 aliphatic carbocycles. The number of carbonyl (C=O) groups is 1. The largest absolute Gasteiger partial charge is 0.382 e. The standard InChI is InChI=1S/C11H24N2O5/c1-11(13,10(12)14)9-18-8-7-17-6-5-16-4-3-15-2/h3-9,13H2,1-2H3,(H2,12,14). The average molecular weight is 264 g/mol. The summed E-state index contributed by atoms with van der Waals surface area (Å²) in [5, 5.41) is 0. The van der Waals surface area contributed by atoms with Gasteiger partial charge < -0.3 is 30.4 Å². The molecule has 1 unspecified atom stereocenters. The van der Waals surface area contributed by atoms with Crippen LogP contribution in [0.1, 0.15) is 6.92 Å². The Bertz CT molecular complexity index is 223. The molecule has 0 spiro atoms. The zero-order valence-corrected chi connectivity index (χ0v) is 11.1. The van der Waals surface area contributed by atoms with Crippen molar-refractivity contribution in [1.29, 1.82) is 0 Å². The van der Waals surface area contributed by atoms with Gasteiger partial charge >= 0.3 is 0 Å². The summed E-state index contributed by atoms with van der Waals surface area (Å²) in [5.74, 6) is -0.588. The lowest BCUT2D eigenvalue weighted by molar-refractivity contribution is -0.125. The van der Waals surface area contributed by atoms with Crippen LogP contribution in [0, 0.1) is 0 Å². The molecular weight excluding hydrogens is 240 g/mol. The molecule has 18 heavy (non-hydrogen) atoms. The molecule has 4 N–H and O–H groups in total. The van der Waals surface area contributed by atoms with E-state index in [0.29, 0.717) is 39.6 Å². The van der Waals surface area contributed by atoms with Gasteiger partial charge in [0.2, 0.25) is 5.91 Å². The van der Waals surface area contributed by atoms with Crippen LogP contribution in [0.4, 0.5) is 0 Å². The molecule has 0 heterocycles. The minimum atomic E-state index is -1.14. The summed E-state index contributed by atoms with van der Waals surface area (Å²) in [6.45, 7) is 4.52. The van der Waals surface area contributed by atoms with Gasteiger partial charge in [0, 0.05) is 7.11 Å². The van der Waals surface area contributed by atoms with Gasteiger partial charge in [-0.1, -0.05) is 0 Å². The molecule has 0 aliphatic heterocycles. The van der Waals surface area contributed by atoms with Crippen LogP contribution < -0.4 is 11.5 Å². The molecule has 0 aromatic rings. The number of hydrogen-bond acceptors (Lipinski definition) is 6. The maximum Gasteiger partial charge on any atom is 0.239 e. The summed E-state index contributed by atoms with van der Waals surface area (Å²) in [5.41, 5.74) is 9.55. The zero-order valence-electron chi connectivity index (χ0n) is 11.1. The first-order valence-electron chi connectivity index (χ1n) is 5.81. The van der Waals surface area contributed by atoms with Gasteiger partial charge in [-0.15, -0.1) is 0 Å². The Kier molecular flexibility index (Phi) is 9.80. The van der Waals surface area contributed by atoms with Crippen molar-refractivity contribution in [1.82, 2.24) is 0 Å². The number of hydrogen-bond donors (Lipinski definition) is 2. The second kappa shape index (κ2) is 10.2. The molecule has 108 valence electrons. The molecule has 0 saturated carbocycles. The second-order valence-corrected chi connectivity index (χ2v) is 4.05. The van der Waals surface area contributed by atoms with Crippen molar-refractivity contribution < 1.29 is 23.7 Å². The van der Waals surface area contributed by atoms with Crippen LogP contribution in [-0.2, 0) is 23.7 Å². The molecule has 0 saturated heterocycles. The smallest absolute Gasteiger partial charge is 0.239 e. The summed E-state index contributed by atoms with van der Waals surface area (Å²) in [6, 6.07) is 0. The highest BCUT2D eigenvalue weighted by molar-refractivity contribution is 5.83. The zero-order chi connectivity index (χ0) is 13.9. The van der Waals surface area contributed by atoms with Crippen molar-refractivity contribution >= 4 is 5.91 Å². The van der Waals surface area contributed by atoms with Crippen LogP contribution in [0.5, 0.6) is 0 Å². The molecule has 0 rings (SSSR count). The first-order chi connectivity index (χ1) is 8.50. The molecule has 1 amide bonds. The predicted molar refractivity (Wildman–Crippen MR) is 66.1 cm³/mol. The Balaban J connectivity index is 3.24. The maximum absolute atomic E-state index is 10.9. The van der Waals surface area contributed by atoms with E-state index in [1.54, 1.807) is 7.11 Å². The van der Waals surface area contributed by atoms with Crippen molar-refractivity contribution in [3.8, 4) is 0 Å². The van der Waals surface area contributed by atoms with Gasteiger partial charge in [-0.05, 0) is 6.92 Å². The summed E-state index contributed by atoms with van der Waals surface area (Å²) in [4.78, 5) is 10.9. The summed E-state index contributed by atoms with van der Waals surface area (Å²) in [7, 11) is 1.62. The van der Waals surface area contributed by atoms with E-state index in [1.807, 2.05) is 0 Å². The van der Waals surface area contributed by atoms with E-state index >= 15 is 0 Å². The van der Waals surface area contributed by atoms with Crippen LogP contribution >= 0.6 is 0 Å². The van der Waals surface area contributed by atoms with E-state index in [1.165, 1.54) is 6.92 Å². The van der Waals surface area contributed by atoms with Crippen molar-refractivity contribution in [3.63, 3.8) is 0 Å².